The first-order valence-corrected chi connectivity index (χ1v) is 9.04. The fourth-order valence-electron chi connectivity index (χ4n) is 2.55. The van der Waals surface area contributed by atoms with Gasteiger partial charge in [-0.2, -0.15) is 0 Å². The van der Waals surface area contributed by atoms with Gasteiger partial charge < -0.3 is 10.1 Å². The highest BCUT2D eigenvalue weighted by Crippen LogP contribution is 2.32. The highest BCUT2D eigenvalue weighted by molar-refractivity contribution is 8.18. The average Bonchev–Trinajstić information content (AvgIpc) is 2.93. The molecular weight excluding hydrogens is 364 g/mol. The van der Waals surface area contributed by atoms with Crippen LogP contribution in [0.15, 0.2) is 53.4 Å². The first-order valence-electron chi connectivity index (χ1n) is 8.22. The lowest BCUT2D eigenvalue weighted by Gasteiger charge is -2.14. The summed E-state index contributed by atoms with van der Waals surface area (Å²) in [6.45, 7) is 2.08. The molecule has 0 atom stereocenters. The highest BCUT2D eigenvalue weighted by atomic mass is 32.2. The summed E-state index contributed by atoms with van der Waals surface area (Å²) in [6, 6.07) is 14.3. The highest BCUT2D eigenvalue weighted by Gasteiger charge is 2.34. The minimum absolute atomic E-state index is 0.104. The summed E-state index contributed by atoms with van der Waals surface area (Å²) < 4.78 is 4.65. The number of ether oxygens (including phenoxy) is 1. The number of hydrogen-bond acceptors (Lipinski definition) is 6. The van der Waals surface area contributed by atoms with E-state index < -0.39 is 5.97 Å². The number of aryl methyl sites for hydroxylation is 1. The Kier molecular flexibility index (Phi) is 5.61. The maximum Gasteiger partial charge on any atom is 0.337 e. The summed E-state index contributed by atoms with van der Waals surface area (Å²) in [6.07, 6.45) is 1.64. The van der Waals surface area contributed by atoms with Gasteiger partial charge in [-0.1, -0.05) is 24.3 Å². The third-order valence-corrected chi connectivity index (χ3v) is 4.87. The van der Waals surface area contributed by atoms with Crippen molar-refractivity contribution in [3.05, 3.63) is 70.1 Å². The third-order valence-electron chi connectivity index (χ3n) is 3.96. The van der Waals surface area contributed by atoms with Crippen LogP contribution in [0.5, 0.6) is 0 Å². The van der Waals surface area contributed by atoms with Crippen molar-refractivity contribution in [3.63, 3.8) is 0 Å². The molecule has 1 aliphatic rings. The number of esters is 1. The molecule has 0 aromatic heterocycles. The molecule has 0 unspecified atom stereocenters. The Balaban J connectivity index is 1.69. The van der Waals surface area contributed by atoms with Crippen LogP contribution in [-0.2, 0) is 9.53 Å². The van der Waals surface area contributed by atoms with E-state index >= 15 is 0 Å². The summed E-state index contributed by atoms with van der Waals surface area (Å²) >= 11 is 0.897. The lowest BCUT2D eigenvalue weighted by Crippen LogP contribution is -2.33. The van der Waals surface area contributed by atoms with Crippen LogP contribution in [0.3, 0.4) is 0 Å². The average molecular weight is 382 g/mol. The van der Waals surface area contributed by atoms with E-state index in [4.69, 9.17) is 0 Å². The number of nitrogens with one attached hydrogen (secondary N) is 1. The molecule has 1 N–H and O–H groups in total. The topological polar surface area (TPSA) is 75.7 Å². The van der Waals surface area contributed by atoms with E-state index in [1.165, 1.54) is 12.0 Å². The van der Waals surface area contributed by atoms with E-state index in [1.54, 1.807) is 30.3 Å². The number of anilines is 1. The SMILES string of the molecule is COC(=O)c1ccc(C=C2SC(=O)N(CNc3cccc(C)c3)C2=O)cc1. The van der Waals surface area contributed by atoms with Gasteiger partial charge >= 0.3 is 5.97 Å². The minimum Gasteiger partial charge on any atom is -0.465 e. The van der Waals surface area contributed by atoms with E-state index in [0.717, 1.165) is 28.6 Å². The Morgan fingerprint density at radius 1 is 1.19 bits per heavy atom. The minimum atomic E-state index is -0.427. The van der Waals surface area contributed by atoms with E-state index in [2.05, 4.69) is 10.1 Å². The Morgan fingerprint density at radius 3 is 2.59 bits per heavy atom. The molecule has 1 fully saturated rings. The van der Waals surface area contributed by atoms with Gasteiger partial charge in [-0.05, 0) is 60.2 Å². The van der Waals surface area contributed by atoms with Crippen molar-refractivity contribution in [2.24, 2.45) is 0 Å². The Bertz CT molecular complexity index is 922. The molecule has 0 aliphatic carbocycles. The molecular formula is C20H18N2O4S. The quantitative estimate of drug-likeness (QED) is 0.625. The van der Waals surface area contributed by atoms with Crippen molar-refractivity contribution in [2.45, 2.75) is 6.92 Å². The number of hydrogen-bond donors (Lipinski definition) is 1. The number of imide groups is 1. The van der Waals surface area contributed by atoms with Crippen LogP contribution in [-0.4, -0.2) is 35.8 Å². The Morgan fingerprint density at radius 2 is 1.93 bits per heavy atom. The van der Waals surface area contributed by atoms with Gasteiger partial charge in [-0.25, -0.2) is 4.79 Å². The van der Waals surface area contributed by atoms with Gasteiger partial charge in [0, 0.05) is 5.69 Å². The van der Waals surface area contributed by atoms with Crippen LogP contribution in [0.4, 0.5) is 10.5 Å². The first-order chi connectivity index (χ1) is 13.0. The molecule has 0 spiro atoms. The van der Waals surface area contributed by atoms with Crippen LogP contribution < -0.4 is 5.32 Å². The number of carbonyl (C=O) groups excluding carboxylic acids is 3. The molecule has 7 heteroatoms. The van der Waals surface area contributed by atoms with Crippen LogP contribution >= 0.6 is 11.8 Å². The van der Waals surface area contributed by atoms with E-state index in [0.29, 0.717) is 10.5 Å². The predicted octanol–water partition coefficient (Wildman–Crippen LogP) is 3.89. The Hall–Kier alpha value is -3.06. The van der Waals surface area contributed by atoms with E-state index in [1.807, 2.05) is 31.2 Å². The van der Waals surface area contributed by atoms with Gasteiger partial charge in [0.2, 0.25) is 0 Å². The number of nitrogens with zero attached hydrogens (tertiary/aromatic N) is 1. The number of carbonyl (C=O) groups is 3. The fourth-order valence-corrected chi connectivity index (χ4v) is 3.38. The molecule has 1 saturated heterocycles. The molecule has 2 aromatic rings. The summed E-state index contributed by atoms with van der Waals surface area (Å²) in [5.74, 6) is -0.772. The van der Waals surface area contributed by atoms with Crippen LogP contribution in [0, 0.1) is 6.92 Å². The summed E-state index contributed by atoms with van der Waals surface area (Å²) in [5.41, 5.74) is 3.07. The standard InChI is InChI=1S/C20H18N2O4S/c1-13-4-3-5-16(10-13)21-12-22-18(23)17(27-20(22)25)11-14-6-8-15(9-7-14)19(24)26-2/h3-11,21H,12H2,1-2H3. The van der Waals surface area contributed by atoms with Crippen molar-refractivity contribution in [3.8, 4) is 0 Å². The first kappa shape index (κ1) is 18.7. The van der Waals surface area contributed by atoms with Gasteiger partial charge in [-0.15, -0.1) is 0 Å². The lowest BCUT2D eigenvalue weighted by molar-refractivity contribution is -0.122. The monoisotopic (exact) mass is 382 g/mol. The van der Waals surface area contributed by atoms with Crippen LogP contribution in [0.2, 0.25) is 0 Å². The molecule has 0 bridgehead atoms. The normalized spacial score (nSPS) is 15.3. The predicted molar refractivity (Wildman–Crippen MR) is 105 cm³/mol. The molecule has 27 heavy (non-hydrogen) atoms. The van der Waals surface area contributed by atoms with Gasteiger partial charge in [0.25, 0.3) is 11.1 Å². The molecule has 0 radical (unpaired) electrons. The zero-order valence-electron chi connectivity index (χ0n) is 14.9. The molecule has 1 heterocycles. The maximum atomic E-state index is 12.5. The maximum absolute atomic E-state index is 12.5. The summed E-state index contributed by atoms with van der Waals surface area (Å²) in [7, 11) is 1.32. The van der Waals surface area contributed by atoms with Crippen molar-refractivity contribution >= 4 is 40.6 Å². The smallest absolute Gasteiger partial charge is 0.337 e. The van der Waals surface area contributed by atoms with Gasteiger partial charge in [0.1, 0.15) is 0 Å². The summed E-state index contributed by atoms with van der Waals surface area (Å²) in [4.78, 5) is 37.7. The second kappa shape index (κ2) is 8.09. The van der Waals surface area contributed by atoms with Crippen molar-refractivity contribution < 1.29 is 19.1 Å². The fraction of sp³-hybridized carbons (Fsp3) is 0.150. The number of methoxy groups -OCH3 is 1. The number of amides is 2. The van der Waals surface area contributed by atoms with Crippen LogP contribution in [0.1, 0.15) is 21.5 Å². The number of rotatable bonds is 5. The largest absolute Gasteiger partial charge is 0.465 e. The molecule has 1 aliphatic heterocycles. The number of benzene rings is 2. The zero-order chi connectivity index (χ0) is 19.4. The van der Waals surface area contributed by atoms with Gasteiger partial charge in [0.05, 0.1) is 24.2 Å². The van der Waals surface area contributed by atoms with E-state index in [9.17, 15) is 14.4 Å². The molecule has 2 amide bonds. The molecule has 0 saturated carbocycles. The second-order valence-electron chi connectivity index (χ2n) is 5.93. The molecule has 3 rings (SSSR count). The molecule has 6 nitrogen and oxygen atoms in total. The third kappa shape index (κ3) is 4.38. The lowest BCUT2D eigenvalue weighted by atomic mass is 10.1. The molecule has 2 aromatic carbocycles. The van der Waals surface area contributed by atoms with Crippen molar-refractivity contribution in [2.75, 3.05) is 19.1 Å². The zero-order valence-corrected chi connectivity index (χ0v) is 15.7. The van der Waals surface area contributed by atoms with Gasteiger partial charge in [0.15, 0.2) is 0 Å². The van der Waals surface area contributed by atoms with Gasteiger partial charge in [-0.3, -0.25) is 14.5 Å². The Labute approximate surface area is 161 Å². The second-order valence-corrected chi connectivity index (χ2v) is 6.92. The molecule has 138 valence electrons. The number of thioether (sulfide) groups is 1. The van der Waals surface area contributed by atoms with Crippen molar-refractivity contribution in [1.82, 2.24) is 4.90 Å². The van der Waals surface area contributed by atoms with Crippen molar-refractivity contribution in [1.29, 1.82) is 0 Å². The van der Waals surface area contributed by atoms with E-state index in [-0.39, 0.29) is 17.8 Å². The van der Waals surface area contributed by atoms with Crippen LogP contribution in [0.25, 0.3) is 6.08 Å². The summed E-state index contributed by atoms with van der Waals surface area (Å²) in [5, 5.41) is 2.77.